The molecule has 0 aromatic carbocycles. The van der Waals surface area contributed by atoms with Crippen LogP contribution in [0.1, 0.15) is 60.5 Å². The van der Waals surface area contributed by atoms with Crippen LogP contribution in [0.5, 0.6) is 11.9 Å². The molecule has 2 rings (SSSR count). The molecule has 25 nitrogen and oxygen atoms in total. The Bertz CT molecular complexity index is 1750. The van der Waals surface area contributed by atoms with E-state index < -0.39 is 139 Å². The molecule has 0 aliphatic carbocycles. The van der Waals surface area contributed by atoms with Crippen LogP contribution < -0.4 is 32.7 Å². The highest BCUT2D eigenvalue weighted by atomic mass is 32.2. The van der Waals surface area contributed by atoms with E-state index in [4.69, 9.17) is 31.9 Å². The number of nitrogens with two attached hydrogens (primary N) is 2. The summed E-state index contributed by atoms with van der Waals surface area (Å²) in [6.45, 7) is -1.64. The number of amides is 4. The number of carbonyl (C=O) groups excluding carboxylic acids is 5. The van der Waals surface area contributed by atoms with Gasteiger partial charge >= 0.3 is 29.9 Å². The summed E-state index contributed by atoms with van der Waals surface area (Å²) in [6.07, 6.45) is 0.126. The number of carboxylic acid groups (broad SMARTS) is 4. The van der Waals surface area contributed by atoms with E-state index in [0.717, 1.165) is 29.6 Å². The van der Waals surface area contributed by atoms with E-state index in [1.165, 1.54) is 18.5 Å². The Hall–Kier alpha value is -6.19. The minimum atomic E-state index is -1.44. The third-order valence-electron chi connectivity index (χ3n) is 7.83. The van der Waals surface area contributed by atoms with Crippen LogP contribution in [0.2, 0.25) is 0 Å². The van der Waals surface area contributed by atoms with Crippen LogP contribution in [-0.4, -0.2) is 153 Å². The van der Waals surface area contributed by atoms with Gasteiger partial charge < -0.3 is 63.4 Å². The van der Waals surface area contributed by atoms with Crippen molar-refractivity contribution in [3.05, 3.63) is 36.0 Å². The Balaban J connectivity index is 2.37. The summed E-state index contributed by atoms with van der Waals surface area (Å²) in [4.78, 5) is 125. The second-order valence-electron chi connectivity index (χ2n) is 12.6. The maximum Gasteiger partial charge on any atom is 0.322 e. The molecule has 0 radical (unpaired) electrons. The fourth-order valence-electron chi connectivity index (χ4n) is 4.75. The van der Waals surface area contributed by atoms with E-state index in [-0.39, 0.29) is 35.9 Å². The summed E-state index contributed by atoms with van der Waals surface area (Å²) in [6, 6.07) is -3.81. The molecule has 328 valence electrons. The monoisotopic (exact) mass is 884 g/mol. The second kappa shape index (κ2) is 25.3. The summed E-state index contributed by atoms with van der Waals surface area (Å²) in [5, 5.41) is 63.3. The van der Waals surface area contributed by atoms with Crippen LogP contribution in [0.15, 0.2) is 24.5 Å². The first kappa shape index (κ1) is 50.0. The molecule has 0 fully saturated rings. The number of rotatable bonds is 28. The lowest BCUT2D eigenvalue weighted by molar-refractivity contribution is -0.140. The average molecular weight is 885 g/mol. The smallest absolute Gasteiger partial charge is 0.322 e. The molecule has 2 heterocycles. The predicted molar refractivity (Wildman–Crippen MR) is 207 cm³/mol. The molecule has 6 atom stereocenters. The third kappa shape index (κ3) is 19.0. The van der Waals surface area contributed by atoms with Gasteiger partial charge in [0.15, 0.2) is 0 Å². The predicted octanol–water partition coefficient (Wildman–Crippen LogP) is -2.97. The van der Waals surface area contributed by atoms with E-state index in [2.05, 4.69) is 41.2 Å². The lowest BCUT2D eigenvalue weighted by atomic mass is 10.1. The van der Waals surface area contributed by atoms with E-state index >= 15 is 0 Å². The maximum atomic E-state index is 13.9. The topological polar surface area (TPSA) is 427 Å². The second-order valence-corrected chi connectivity index (χ2v) is 15.0. The number of carboxylic acids is 4. The minimum absolute atomic E-state index is 0.0857. The number of nitrogens with one attached hydrogen (secondary N) is 4. The Morgan fingerprint density at radius 2 is 1.12 bits per heavy atom. The number of aromatic hydroxyl groups is 2. The van der Waals surface area contributed by atoms with Crippen molar-refractivity contribution in [3.63, 3.8) is 0 Å². The first-order chi connectivity index (χ1) is 28.2. The van der Waals surface area contributed by atoms with Crippen molar-refractivity contribution in [2.75, 3.05) is 24.6 Å². The largest absolute Gasteiger partial charge is 0.493 e. The number of aromatic nitrogens is 4. The van der Waals surface area contributed by atoms with E-state index in [9.17, 15) is 53.4 Å². The van der Waals surface area contributed by atoms with Crippen LogP contribution in [-0.2, 0) is 43.2 Å². The molecule has 60 heavy (non-hydrogen) atoms. The number of hydrogen-bond donors (Lipinski definition) is 12. The molecular weight excluding hydrogens is 841 g/mol. The molecule has 4 amide bonds. The molecule has 27 heteroatoms. The summed E-state index contributed by atoms with van der Waals surface area (Å²) >= 11 is 1.75. The molecular formula is C33H44N10O15S2. The minimum Gasteiger partial charge on any atom is -0.493 e. The van der Waals surface area contributed by atoms with Crippen LogP contribution >= 0.6 is 23.5 Å². The molecule has 2 aromatic heterocycles. The van der Waals surface area contributed by atoms with Gasteiger partial charge in [0.25, 0.3) is 0 Å². The normalized spacial score (nSPS) is 13.9. The number of ketones is 1. The van der Waals surface area contributed by atoms with Crippen molar-refractivity contribution in [2.45, 2.75) is 73.2 Å². The number of aliphatic carboxylic acids is 4. The molecule has 0 saturated heterocycles. The van der Waals surface area contributed by atoms with Gasteiger partial charge in [-0.05, 0) is 18.9 Å². The summed E-state index contributed by atoms with van der Waals surface area (Å²) < 4.78 is 0. The van der Waals surface area contributed by atoms with Crippen molar-refractivity contribution in [1.29, 1.82) is 0 Å². The highest BCUT2D eigenvalue weighted by molar-refractivity contribution is 7.99. The van der Waals surface area contributed by atoms with Gasteiger partial charge in [-0.1, -0.05) is 0 Å². The van der Waals surface area contributed by atoms with Gasteiger partial charge in [0.2, 0.25) is 29.5 Å². The summed E-state index contributed by atoms with van der Waals surface area (Å²) in [5.41, 5.74) is 11.0. The van der Waals surface area contributed by atoms with Gasteiger partial charge in [0, 0.05) is 55.6 Å². The molecule has 2 unspecified atom stereocenters. The Morgan fingerprint density at radius 1 is 0.650 bits per heavy atom. The van der Waals surface area contributed by atoms with Gasteiger partial charge in [0.05, 0.1) is 16.2 Å². The van der Waals surface area contributed by atoms with Crippen LogP contribution in [0.4, 0.5) is 0 Å². The average Bonchev–Trinajstić information content (AvgIpc) is 3.18. The fourth-order valence-corrected chi connectivity index (χ4v) is 7.24. The number of nitrogens with zero attached hydrogens (tertiary/aromatic N) is 4. The van der Waals surface area contributed by atoms with Crippen LogP contribution in [0.3, 0.4) is 0 Å². The third-order valence-corrected chi connectivity index (χ3v) is 10.5. The van der Waals surface area contributed by atoms with Crippen molar-refractivity contribution >= 4 is 76.8 Å². The van der Waals surface area contributed by atoms with Crippen LogP contribution in [0, 0.1) is 0 Å². The molecule has 0 aliphatic heterocycles. The Kier molecular flexibility index (Phi) is 21.1. The SMILES string of the molecule is N[C@H](CCC(=O)N[C@@H](CSC(CC(=O)CC(SC[C@H](NC(=O)CC[C@H](N)C(=O)O)C(=O)NCC(=O)O)c1ccnc(O)n1)c1nccc(O)n1)C(=O)NCC(=O)O)C(=O)O. The molecule has 0 aliphatic rings. The number of hydrogen-bond acceptors (Lipinski definition) is 19. The van der Waals surface area contributed by atoms with Crippen molar-refractivity contribution in [2.24, 2.45) is 11.5 Å². The van der Waals surface area contributed by atoms with Crippen molar-refractivity contribution in [3.8, 4) is 11.9 Å². The van der Waals surface area contributed by atoms with Gasteiger partial charge in [-0.3, -0.25) is 43.2 Å². The molecule has 0 bridgehead atoms. The van der Waals surface area contributed by atoms with Gasteiger partial charge in [-0.15, -0.1) is 23.5 Å². The lowest BCUT2D eigenvalue weighted by Crippen LogP contribution is -2.49. The highest BCUT2D eigenvalue weighted by Gasteiger charge is 2.30. The molecule has 2 aromatic rings. The van der Waals surface area contributed by atoms with E-state index in [0.29, 0.717) is 0 Å². The molecule has 0 spiro atoms. The number of Topliss-reactive ketones (excluding diaryl/α,β-unsaturated/α-hetero) is 1. The highest BCUT2D eigenvalue weighted by Crippen LogP contribution is 2.36. The zero-order valence-electron chi connectivity index (χ0n) is 31.5. The zero-order chi connectivity index (χ0) is 44.9. The van der Waals surface area contributed by atoms with E-state index in [1.54, 1.807) is 0 Å². The fraction of sp³-hybridized carbons (Fsp3) is 0.485. The Morgan fingerprint density at radius 3 is 1.57 bits per heavy atom. The van der Waals surface area contributed by atoms with E-state index in [1.807, 2.05) is 0 Å². The van der Waals surface area contributed by atoms with Gasteiger partial charge in [0.1, 0.15) is 48.9 Å². The van der Waals surface area contributed by atoms with Gasteiger partial charge in [-0.25, -0.2) is 9.97 Å². The first-order valence-electron chi connectivity index (χ1n) is 17.6. The zero-order valence-corrected chi connectivity index (χ0v) is 33.1. The first-order valence-corrected chi connectivity index (χ1v) is 19.7. The van der Waals surface area contributed by atoms with Crippen LogP contribution in [0.25, 0.3) is 0 Å². The standard InChI is InChI=1S/C33H44N10O15S2/c34-16(31(54)55)1-3-23(45)40-19(29(52)38-11-26(48)49)13-59-21(18-5-7-37-33(58)42-18)9-15(44)10-22(28-36-8-6-25(47)43-28)60-14-20(30(53)39-12-27(50)51)41-24(46)4-2-17(35)32(56)57/h5-8,16-17,19-22H,1-4,9-14,34-35H2,(H,38,52)(H,39,53)(H,40,45)(H,41,46)(H,48,49)(H,50,51)(H,54,55)(H,56,57)(H,36,43,47)(H,37,42,58)/t16-,17+,19-,20-,21?,22?/m0/s1. The number of thioether (sulfide) groups is 2. The quantitative estimate of drug-likeness (QED) is 0.0406. The maximum absolute atomic E-state index is 13.9. The van der Waals surface area contributed by atoms with Gasteiger partial charge in [-0.2, -0.15) is 9.97 Å². The lowest BCUT2D eigenvalue weighted by Gasteiger charge is -2.23. The molecule has 14 N–H and O–H groups in total. The Labute approximate surface area is 348 Å². The van der Waals surface area contributed by atoms with Crippen molar-refractivity contribution < 1.29 is 73.8 Å². The summed E-state index contributed by atoms with van der Waals surface area (Å²) in [7, 11) is 0. The number of carbonyl (C=O) groups is 9. The molecule has 0 saturated carbocycles. The summed E-state index contributed by atoms with van der Waals surface area (Å²) in [5.74, 6) is -10.8. The van der Waals surface area contributed by atoms with Crippen molar-refractivity contribution in [1.82, 2.24) is 41.2 Å².